The summed E-state index contributed by atoms with van der Waals surface area (Å²) in [7, 11) is 0. The number of aliphatic hydroxyl groups excluding tert-OH is 2. The smallest absolute Gasteiger partial charge is 0.123 e. The lowest BCUT2D eigenvalue weighted by molar-refractivity contribution is 0.258. The monoisotopic (exact) mass is 185 g/mol. The van der Waals surface area contributed by atoms with Gasteiger partial charge in [-0.25, -0.2) is 4.39 Å². The Morgan fingerprint density at radius 2 is 2.08 bits per heavy atom. The molecule has 0 bridgehead atoms. The van der Waals surface area contributed by atoms with Gasteiger partial charge < -0.3 is 15.9 Å². The maximum atomic E-state index is 12.7. The molecule has 1 aromatic carbocycles. The molecule has 0 aliphatic heterocycles. The number of halogens is 1. The van der Waals surface area contributed by atoms with Crippen LogP contribution in [-0.4, -0.2) is 16.8 Å². The van der Waals surface area contributed by atoms with Crippen molar-refractivity contribution in [2.24, 2.45) is 5.73 Å². The first-order valence-corrected chi connectivity index (χ1v) is 3.94. The van der Waals surface area contributed by atoms with Crippen molar-refractivity contribution in [3.05, 3.63) is 35.1 Å². The molecule has 1 aromatic rings. The molecule has 72 valence electrons. The van der Waals surface area contributed by atoms with Gasteiger partial charge in [0.25, 0.3) is 0 Å². The Hall–Kier alpha value is -0.970. The predicted octanol–water partition coefficient (Wildman–Crippen LogP) is 0.310. The van der Waals surface area contributed by atoms with E-state index in [1.165, 1.54) is 18.2 Å². The minimum atomic E-state index is -0.567. The predicted molar refractivity (Wildman–Crippen MR) is 46.3 cm³/mol. The average molecular weight is 185 g/mol. The Morgan fingerprint density at radius 3 is 2.62 bits per heavy atom. The van der Waals surface area contributed by atoms with Gasteiger partial charge >= 0.3 is 0 Å². The molecule has 0 aliphatic rings. The van der Waals surface area contributed by atoms with Crippen LogP contribution in [0.5, 0.6) is 0 Å². The highest BCUT2D eigenvalue weighted by molar-refractivity contribution is 5.30. The third-order valence-corrected chi connectivity index (χ3v) is 1.87. The number of hydrogen-bond donors (Lipinski definition) is 3. The topological polar surface area (TPSA) is 66.5 Å². The van der Waals surface area contributed by atoms with Crippen LogP contribution in [0.4, 0.5) is 4.39 Å². The number of rotatable bonds is 3. The van der Waals surface area contributed by atoms with E-state index in [1.54, 1.807) is 0 Å². The fourth-order valence-electron chi connectivity index (χ4n) is 1.17. The number of nitrogens with two attached hydrogens (primary N) is 1. The van der Waals surface area contributed by atoms with Crippen LogP contribution < -0.4 is 5.73 Å². The van der Waals surface area contributed by atoms with Crippen LogP contribution in [0.25, 0.3) is 0 Å². The molecule has 1 rings (SSSR count). The van der Waals surface area contributed by atoms with Crippen molar-refractivity contribution < 1.29 is 14.6 Å². The van der Waals surface area contributed by atoms with Gasteiger partial charge in [0.15, 0.2) is 0 Å². The van der Waals surface area contributed by atoms with E-state index in [0.29, 0.717) is 11.1 Å². The Balaban J connectivity index is 3.05. The lowest BCUT2D eigenvalue weighted by Crippen LogP contribution is -2.16. The minimum absolute atomic E-state index is 0.224. The fourth-order valence-corrected chi connectivity index (χ4v) is 1.17. The SMILES string of the molecule is N[C@H](CO)c1ccc(F)cc1CO. The van der Waals surface area contributed by atoms with E-state index < -0.39 is 11.9 Å². The summed E-state index contributed by atoms with van der Waals surface area (Å²) in [6, 6.07) is 3.37. The average Bonchev–Trinajstić information content (AvgIpc) is 2.16. The Labute approximate surface area is 75.6 Å². The second-order valence-corrected chi connectivity index (χ2v) is 2.79. The summed E-state index contributed by atoms with van der Waals surface area (Å²) >= 11 is 0. The standard InChI is InChI=1S/C9H12FNO2/c10-7-1-2-8(9(11)5-13)6(3-7)4-12/h1-3,9,12-13H,4-5,11H2/t9-/m1/s1. The molecule has 0 aliphatic carbocycles. The molecule has 0 fully saturated rings. The third-order valence-electron chi connectivity index (χ3n) is 1.87. The first-order valence-electron chi connectivity index (χ1n) is 3.94. The van der Waals surface area contributed by atoms with Crippen molar-refractivity contribution in [1.29, 1.82) is 0 Å². The van der Waals surface area contributed by atoms with Gasteiger partial charge in [-0.15, -0.1) is 0 Å². The molecule has 0 spiro atoms. The van der Waals surface area contributed by atoms with E-state index in [1.807, 2.05) is 0 Å². The van der Waals surface area contributed by atoms with Gasteiger partial charge in [-0.3, -0.25) is 0 Å². The number of hydrogen-bond acceptors (Lipinski definition) is 3. The van der Waals surface area contributed by atoms with Gasteiger partial charge in [-0.05, 0) is 23.3 Å². The molecule has 0 saturated heterocycles. The van der Waals surface area contributed by atoms with E-state index in [-0.39, 0.29) is 13.2 Å². The van der Waals surface area contributed by atoms with Crippen LogP contribution >= 0.6 is 0 Å². The normalized spacial score (nSPS) is 12.9. The highest BCUT2D eigenvalue weighted by atomic mass is 19.1. The van der Waals surface area contributed by atoms with Gasteiger partial charge in [-0.2, -0.15) is 0 Å². The van der Waals surface area contributed by atoms with Crippen LogP contribution in [0.2, 0.25) is 0 Å². The van der Waals surface area contributed by atoms with Crippen molar-refractivity contribution in [2.75, 3.05) is 6.61 Å². The van der Waals surface area contributed by atoms with Crippen molar-refractivity contribution in [3.63, 3.8) is 0 Å². The lowest BCUT2D eigenvalue weighted by atomic mass is 10.0. The van der Waals surface area contributed by atoms with Crippen molar-refractivity contribution in [1.82, 2.24) is 0 Å². The highest BCUT2D eigenvalue weighted by Crippen LogP contribution is 2.17. The van der Waals surface area contributed by atoms with E-state index in [9.17, 15) is 4.39 Å². The molecular formula is C9H12FNO2. The van der Waals surface area contributed by atoms with Gasteiger partial charge in [0.1, 0.15) is 5.82 Å². The van der Waals surface area contributed by atoms with E-state index >= 15 is 0 Å². The van der Waals surface area contributed by atoms with Crippen LogP contribution in [0.1, 0.15) is 17.2 Å². The summed E-state index contributed by atoms with van der Waals surface area (Å²) in [6.07, 6.45) is 0. The maximum absolute atomic E-state index is 12.7. The van der Waals surface area contributed by atoms with Crippen LogP contribution in [0, 0.1) is 5.82 Å². The quantitative estimate of drug-likeness (QED) is 0.635. The molecule has 0 radical (unpaired) electrons. The maximum Gasteiger partial charge on any atom is 0.123 e. The second kappa shape index (κ2) is 4.32. The largest absolute Gasteiger partial charge is 0.394 e. The first kappa shape index (κ1) is 10.1. The van der Waals surface area contributed by atoms with Crippen LogP contribution in [0.3, 0.4) is 0 Å². The highest BCUT2D eigenvalue weighted by Gasteiger charge is 2.09. The summed E-state index contributed by atoms with van der Waals surface area (Å²) < 4.78 is 12.7. The molecular weight excluding hydrogens is 173 g/mol. The summed E-state index contributed by atoms with van der Waals surface area (Å²) in [5.41, 5.74) is 6.53. The zero-order chi connectivity index (χ0) is 9.84. The molecule has 0 saturated carbocycles. The molecule has 0 heterocycles. The molecule has 0 unspecified atom stereocenters. The van der Waals surface area contributed by atoms with Crippen molar-refractivity contribution in [3.8, 4) is 0 Å². The molecule has 3 nitrogen and oxygen atoms in total. The third kappa shape index (κ3) is 2.24. The molecule has 4 N–H and O–H groups in total. The van der Waals surface area contributed by atoms with Gasteiger partial charge in [0, 0.05) is 0 Å². The van der Waals surface area contributed by atoms with Gasteiger partial charge in [0.2, 0.25) is 0 Å². The molecule has 1 atom stereocenters. The minimum Gasteiger partial charge on any atom is -0.394 e. The van der Waals surface area contributed by atoms with Gasteiger partial charge in [-0.1, -0.05) is 6.07 Å². The van der Waals surface area contributed by atoms with E-state index in [2.05, 4.69) is 0 Å². The fraction of sp³-hybridized carbons (Fsp3) is 0.333. The van der Waals surface area contributed by atoms with Crippen molar-refractivity contribution >= 4 is 0 Å². The zero-order valence-corrected chi connectivity index (χ0v) is 7.07. The Kier molecular flexibility index (Phi) is 3.36. The summed E-state index contributed by atoms with van der Waals surface area (Å²) in [5, 5.41) is 17.7. The summed E-state index contributed by atoms with van der Waals surface area (Å²) in [4.78, 5) is 0. The first-order chi connectivity index (χ1) is 6.19. The lowest BCUT2D eigenvalue weighted by Gasteiger charge is -2.12. The molecule has 0 amide bonds. The summed E-state index contributed by atoms with van der Waals surface area (Å²) in [6.45, 7) is -0.501. The number of aliphatic hydroxyl groups is 2. The van der Waals surface area contributed by atoms with Crippen LogP contribution in [0.15, 0.2) is 18.2 Å². The molecule has 4 heteroatoms. The van der Waals surface area contributed by atoms with E-state index in [0.717, 1.165) is 0 Å². The summed E-state index contributed by atoms with van der Waals surface area (Å²) in [5.74, 6) is -0.419. The number of benzene rings is 1. The second-order valence-electron chi connectivity index (χ2n) is 2.79. The van der Waals surface area contributed by atoms with Gasteiger partial charge in [0.05, 0.1) is 19.3 Å². The zero-order valence-electron chi connectivity index (χ0n) is 7.07. The molecule has 0 aromatic heterocycles. The molecule has 13 heavy (non-hydrogen) atoms. The van der Waals surface area contributed by atoms with E-state index in [4.69, 9.17) is 15.9 Å². The Bertz CT molecular complexity index is 291. The van der Waals surface area contributed by atoms with Crippen LogP contribution in [-0.2, 0) is 6.61 Å². The Morgan fingerprint density at radius 1 is 1.38 bits per heavy atom. The van der Waals surface area contributed by atoms with Crippen molar-refractivity contribution in [2.45, 2.75) is 12.6 Å².